The molecule has 0 amide bonds. The normalized spacial score (nSPS) is 10.8. The minimum absolute atomic E-state index is 0.107. The molecule has 124 valence electrons. The molecule has 0 fully saturated rings. The molecule has 0 radical (unpaired) electrons. The van der Waals surface area contributed by atoms with Crippen molar-refractivity contribution in [2.24, 2.45) is 0 Å². The third-order valence-electron chi connectivity index (χ3n) is 3.19. The molecule has 0 aliphatic carbocycles. The Kier molecular flexibility index (Phi) is 5.70. The number of hydrogen-bond donors (Lipinski definition) is 4. The summed E-state index contributed by atoms with van der Waals surface area (Å²) in [5.41, 5.74) is 1.05. The highest BCUT2D eigenvalue weighted by molar-refractivity contribution is 9.11. The largest absolute Gasteiger partial charge is 0.506 e. The van der Waals surface area contributed by atoms with E-state index in [1.807, 2.05) is 0 Å². The van der Waals surface area contributed by atoms with Crippen molar-refractivity contribution < 1.29 is 25.2 Å². The molecule has 0 spiro atoms. The molecule has 0 saturated carbocycles. The smallest absolute Gasteiger partial charge is 0.172 e. The van der Waals surface area contributed by atoms with Crippen LogP contribution in [-0.4, -0.2) is 27.0 Å². The van der Waals surface area contributed by atoms with Crippen LogP contribution < -0.4 is 4.74 Å². The van der Waals surface area contributed by atoms with E-state index in [9.17, 15) is 20.4 Å². The summed E-state index contributed by atoms with van der Waals surface area (Å²) in [6.45, 7) is 2.17. The van der Waals surface area contributed by atoms with Crippen LogP contribution in [0.15, 0.2) is 25.6 Å². The molecule has 0 unspecified atom stereocenters. The highest BCUT2D eigenvalue weighted by atomic mass is 79.9. The Morgan fingerprint density at radius 3 is 2.17 bits per heavy atom. The molecule has 0 aliphatic heterocycles. The maximum Gasteiger partial charge on any atom is 0.172 e. The van der Waals surface area contributed by atoms with Crippen molar-refractivity contribution in [1.29, 1.82) is 0 Å². The van der Waals surface area contributed by atoms with Gasteiger partial charge < -0.3 is 25.2 Å². The third-order valence-corrected chi connectivity index (χ3v) is 5.40. The number of ether oxygens (including phenoxy) is 1. The standard InChI is InChI=1S/C15H13Br3O5/c1-2-23-10-5-9(19)15(22)11(17)7(10)3-6-4-8(16)14(21)12(18)13(6)20/h4-5,19-22H,2-3H2,1H3. The zero-order valence-corrected chi connectivity index (χ0v) is 16.7. The van der Waals surface area contributed by atoms with Gasteiger partial charge in [-0.1, -0.05) is 0 Å². The van der Waals surface area contributed by atoms with Gasteiger partial charge in [0.05, 0.1) is 15.6 Å². The number of hydrogen-bond acceptors (Lipinski definition) is 5. The van der Waals surface area contributed by atoms with Gasteiger partial charge in [0.15, 0.2) is 11.5 Å². The van der Waals surface area contributed by atoms with Gasteiger partial charge in [0.25, 0.3) is 0 Å². The molecule has 0 bridgehead atoms. The average Bonchev–Trinajstić information content (AvgIpc) is 2.52. The van der Waals surface area contributed by atoms with E-state index in [1.54, 1.807) is 13.0 Å². The van der Waals surface area contributed by atoms with Gasteiger partial charge in [-0.25, -0.2) is 0 Å². The van der Waals surface area contributed by atoms with Crippen molar-refractivity contribution >= 4 is 47.8 Å². The van der Waals surface area contributed by atoms with Gasteiger partial charge in [-0.2, -0.15) is 0 Å². The Labute approximate surface area is 157 Å². The predicted molar refractivity (Wildman–Crippen MR) is 96.6 cm³/mol. The molecule has 0 aromatic heterocycles. The fourth-order valence-corrected chi connectivity index (χ4v) is 3.81. The first-order chi connectivity index (χ1) is 10.8. The highest BCUT2D eigenvalue weighted by Gasteiger charge is 2.20. The molecule has 5 nitrogen and oxygen atoms in total. The van der Waals surface area contributed by atoms with E-state index in [1.165, 1.54) is 6.07 Å². The Hall–Kier alpha value is -1.12. The second-order valence-electron chi connectivity index (χ2n) is 4.67. The van der Waals surface area contributed by atoms with Gasteiger partial charge in [0, 0.05) is 23.6 Å². The maximum absolute atomic E-state index is 10.2. The molecule has 2 aromatic rings. The molecule has 2 aromatic carbocycles. The van der Waals surface area contributed by atoms with Crippen LogP contribution >= 0.6 is 47.8 Å². The lowest BCUT2D eigenvalue weighted by molar-refractivity contribution is 0.330. The number of benzene rings is 2. The van der Waals surface area contributed by atoms with Gasteiger partial charge in [-0.15, -0.1) is 0 Å². The maximum atomic E-state index is 10.2. The van der Waals surface area contributed by atoms with E-state index < -0.39 is 0 Å². The second kappa shape index (κ2) is 7.19. The number of phenols is 4. The molecule has 23 heavy (non-hydrogen) atoms. The van der Waals surface area contributed by atoms with Crippen LogP contribution in [0.25, 0.3) is 0 Å². The van der Waals surface area contributed by atoms with Gasteiger partial charge in [0.2, 0.25) is 0 Å². The number of phenolic OH excluding ortho intramolecular Hbond substituents is 4. The van der Waals surface area contributed by atoms with Crippen LogP contribution in [0.3, 0.4) is 0 Å². The van der Waals surface area contributed by atoms with E-state index in [0.29, 0.717) is 28.0 Å². The lowest BCUT2D eigenvalue weighted by Gasteiger charge is -2.16. The lowest BCUT2D eigenvalue weighted by Crippen LogP contribution is -2.00. The summed E-state index contributed by atoms with van der Waals surface area (Å²) < 4.78 is 6.35. The first-order valence-electron chi connectivity index (χ1n) is 6.52. The molecule has 0 aliphatic rings. The van der Waals surface area contributed by atoms with E-state index in [-0.39, 0.29) is 38.4 Å². The number of halogens is 3. The van der Waals surface area contributed by atoms with Crippen LogP contribution in [0.2, 0.25) is 0 Å². The van der Waals surface area contributed by atoms with Gasteiger partial charge in [-0.05, 0) is 60.8 Å². The van der Waals surface area contributed by atoms with Crippen molar-refractivity contribution in [3.05, 3.63) is 36.7 Å². The van der Waals surface area contributed by atoms with Crippen molar-refractivity contribution in [2.45, 2.75) is 13.3 Å². The fourth-order valence-electron chi connectivity index (χ4n) is 2.07. The van der Waals surface area contributed by atoms with Gasteiger partial charge in [-0.3, -0.25) is 0 Å². The summed E-state index contributed by atoms with van der Waals surface area (Å²) in [6.07, 6.45) is 0.201. The van der Waals surface area contributed by atoms with Gasteiger partial charge >= 0.3 is 0 Å². The van der Waals surface area contributed by atoms with E-state index in [4.69, 9.17) is 4.74 Å². The Morgan fingerprint density at radius 2 is 1.57 bits per heavy atom. The zero-order chi connectivity index (χ0) is 17.3. The minimum atomic E-state index is -0.306. The van der Waals surface area contributed by atoms with Crippen LogP contribution in [0.4, 0.5) is 0 Å². The van der Waals surface area contributed by atoms with Gasteiger partial charge in [0.1, 0.15) is 21.7 Å². The molecule has 4 N–H and O–H groups in total. The third kappa shape index (κ3) is 3.54. The molecule has 0 atom stereocenters. The van der Waals surface area contributed by atoms with E-state index in [0.717, 1.165) is 0 Å². The molecule has 8 heteroatoms. The quantitative estimate of drug-likeness (QED) is 0.442. The summed E-state index contributed by atoms with van der Waals surface area (Å²) in [4.78, 5) is 0. The number of aromatic hydroxyl groups is 4. The monoisotopic (exact) mass is 510 g/mol. The topological polar surface area (TPSA) is 90.2 Å². The van der Waals surface area contributed by atoms with Crippen molar-refractivity contribution in [3.63, 3.8) is 0 Å². The first-order valence-corrected chi connectivity index (χ1v) is 8.90. The fraction of sp³-hybridized carbons (Fsp3) is 0.200. The molecule has 0 heterocycles. The summed E-state index contributed by atoms with van der Waals surface area (Å²) in [6, 6.07) is 2.89. The molecular formula is C15H13Br3O5. The predicted octanol–water partition coefficient (Wildman–Crippen LogP) is 4.79. The second-order valence-corrected chi connectivity index (χ2v) is 7.11. The van der Waals surface area contributed by atoms with Crippen LogP contribution in [-0.2, 0) is 6.42 Å². The Morgan fingerprint density at radius 1 is 0.913 bits per heavy atom. The first kappa shape index (κ1) is 18.2. The Bertz CT molecular complexity index is 762. The molecular weight excluding hydrogens is 500 g/mol. The lowest BCUT2D eigenvalue weighted by atomic mass is 10.0. The molecule has 0 saturated heterocycles. The molecule has 2 rings (SSSR count). The Balaban J connectivity index is 2.58. The summed E-state index contributed by atoms with van der Waals surface area (Å²) in [7, 11) is 0. The van der Waals surface area contributed by atoms with Crippen LogP contribution in [0, 0.1) is 0 Å². The number of rotatable bonds is 4. The van der Waals surface area contributed by atoms with Crippen molar-refractivity contribution in [1.82, 2.24) is 0 Å². The zero-order valence-electron chi connectivity index (χ0n) is 11.9. The minimum Gasteiger partial charge on any atom is -0.506 e. The summed E-state index contributed by atoms with van der Waals surface area (Å²) >= 11 is 9.58. The van der Waals surface area contributed by atoms with E-state index in [2.05, 4.69) is 47.8 Å². The average molecular weight is 513 g/mol. The van der Waals surface area contributed by atoms with Crippen molar-refractivity contribution in [2.75, 3.05) is 6.61 Å². The van der Waals surface area contributed by atoms with Crippen LogP contribution in [0.1, 0.15) is 18.1 Å². The van der Waals surface area contributed by atoms with Crippen LogP contribution in [0.5, 0.6) is 28.7 Å². The van der Waals surface area contributed by atoms with E-state index >= 15 is 0 Å². The SMILES string of the molecule is CCOc1cc(O)c(O)c(Br)c1Cc1cc(Br)c(O)c(Br)c1O. The summed E-state index contributed by atoms with van der Waals surface area (Å²) in [5.74, 6) is -0.452. The van der Waals surface area contributed by atoms with Crippen molar-refractivity contribution in [3.8, 4) is 28.7 Å². The summed E-state index contributed by atoms with van der Waals surface area (Å²) in [5, 5.41) is 39.6. The highest BCUT2D eigenvalue weighted by Crippen LogP contribution is 2.46.